The van der Waals surface area contributed by atoms with Gasteiger partial charge in [-0.3, -0.25) is 5.32 Å². The average Bonchev–Trinajstić information content (AvgIpc) is 3.54. The van der Waals surface area contributed by atoms with Crippen LogP contribution in [0.2, 0.25) is 0 Å². The molecule has 0 aromatic heterocycles. The van der Waals surface area contributed by atoms with Gasteiger partial charge in [-0.25, -0.2) is 4.99 Å². The summed E-state index contributed by atoms with van der Waals surface area (Å²) in [6.45, 7) is 0. The van der Waals surface area contributed by atoms with Gasteiger partial charge in [-0.1, -0.05) is 140 Å². The van der Waals surface area contributed by atoms with E-state index < -0.39 is 0 Å². The molecule has 3 heteroatoms. The van der Waals surface area contributed by atoms with Crippen LogP contribution in [0.1, 0.15) is 57.7 Å². The molecular formula is C45H37N3. The smallest absolute Gasteiger partial charge is 0.134 e. The van der Waals surface area contributed by atoms with Crippen LogP contribution in [0.3, 0.4) is 0 Å². The topological polar surface area (TPSA) is 27.6 Å². The van der Waals surface area contributed by atoms with Crippen molar-refractivity contribution in [3.63, 3.8) is 0 Å². The van der Waals surface area contributed by atoms with Crippen molar-refractivity contribution in [2.24, 2.45) is 4.99 Å². The first-order valence-electron chi connectivity index (χ1n) is 17.0. The number of benzene rings is 6. The van der Waals surface area contributed by atoms with Crippen LogP contribution < -0.4 is 5.32 Å². The molecule has 0 bridgehead atoms. The summed E-state index contributed by atoms with van der Waals surface area (Å²) in [5, 5.41) is 3.89. The monoisotopic (exact) mass is 619 g/mol. The largest absolute Gasteiger partial charge is 0.340 e. The third kappa shape index (κ3) is 4.99. The Morgan fingerprint density at radius 3 is 2.15 bits per heavy atom. The summed E-state index contributed by atoms with van der Waals surface area (Å²) in [5.74, 6) is 0.997. The highest BCUT2D eigenvalue weighted by atomic mass is 15.4. The lowest BCUT2D eigenvalue weighted by atomic mass is 9.90. The van der Waals surface area contributed by atoms with Crippen LogP contribution in [0.25, 0.3) is 39.5 Å². The van der Waals surface area contributed by atoms with Crippen molar-refractivity contribution in [2.75, 3.05) is 7.05 Å². The first-order chi connectivity index (χ1) is 23.7. The molecule has 2 atom stereocenters. The number of nitrogens with zero attached hydrogens (tertiary/aromatic N) is 2. The van der Waals surface area contributed by atoms with E-state index in [0.717, 1.165) is 36.2 Å². The van der Waals surface area contributed by atoms with Crippen LogP contribution in [0.5, 0.6) is 0 Å². The molecular weight excluding hydrogens is 583 g/mol. The van der Waals surface area contributed by atoms with Crippen LogP contribution >= 0.6 is 0 Å². The first-order valence-corrected chi connectivity index (χ1v) is 17.0. The second-order valence-corrected chi connectivity index (χ2v) is 13.1. The Kier molecular flexibility index (Phi) is 7.13. The Bertz CT molecular complexity index is 2210. The first kappa shape index (κ1) is 28.7. The molecule has 0 saturated heterocycles. The molecule has 0 saturated carbocycles. The Morgan fingerprint density at radius 2 is 1.31 bits per heavy atom. The van der Waals surface area contributed by atoms with Gasteiger partial charge in [0.05, 0.1) is 0 Å². The van der Waals surface area contributed by atoms with Crippen LogP contribution in [-0.4, -0.2) is 17.8 Å². The number of fused-ring (bicyclic) bond motifs is 5. The zero-order valence-corrected chi connectivity index (χ0v) is 27.1. The Morgan fingerprint density at radius 1 is 0.604 bits per heavy atom. The van der Waals surface area contributed by atoms with Crippen LogP contribution in [0.4, 0.5) is 0 Å². The molecule has 6 aromatic carbocycles. The molecule has 1 N–H and O–H groups in total. The third-order valence-corrected chi connectivity index (χ3v) is 10.3. The lowest BCUT2D eigenvalue weighted by Gasteiger charge is -2.39. The van der Waals surface area contributed by atoms with Gasteiger partial charge in [0, 0.05) is 12.6 Å². The van der Waals surface area contributed by atoms with Crippen LogP contribution in [0, 0.1) is 0 Å². The molecule has 48 heavy (non-hydrogen) atoms. The van der Waals surface area contributed by atoms with Crippen molar-refractivity contribution in [1.29, 1.82) is 0 Å². The minimum atomic E-state index is -0.180. The highest BCUT2D eigenvalue weighted by Gasteiger charge is 2.32. The van der Waals surface area contributed by atoms with Gasteiger partial charge in [0.15, 0.2) is 0 Å². The van der Waals surface area contributed by atoms with Crippen molar-refractivity contribution in [1.82, 2.24) is 10.2 Å². The minimum absolute atomic E-state index is 0.0794. The van der Waals surface area contributed by atoms with E-state index in [0.29, 0.717) is 0 Å². The maximum Gasteiger partial charge on any atom is 0.134 e. The van der Waals surface area contributed by atoms with E-state index in [1.54, 1.807) is 0 Å². The molecule has 3 nitrogen and oxygen atoms in total. The fraction of sp³-hybridized carbons (Fsp3) is 0.133. The standard InChI is InChI=1S/C45H37N3/c1-48-44(35-19-12-18-33(27-35)39-22-11-10-20-37(39)30-13-4-2-5-14-30)46-43(32-16-6-3-7-17-32)47-45(48)36-24-23-34-28-42-38-21-9-8-15-31(38)25-26-40(42)41(34)29-36/h2-7,9-14,16-27,29,43-44,46H,8,15,28H2,1H3. The number of aryl methyl sites for hydroxylation is 1. The van der Waals surface area contributed by atoms with E-state index >= 15 is 0 Å². The number of aliphatic imine (C=N–C) groups is 1. The second kappa shape index (κ2) is 11.9. The fourth-order valence-electron chi connectivity index (χ4n) is 7.85. The summed E-state index contributed by atoms with van der Waals surface area (Å²) >= 11 is 0. The molecule has 0 fully saturated rings. The summed E-state index contributed by atoms with van der Waals surface area (Å²) in [6, 6.07) is 50.7. The van der Waals surface area contributed by atoms with Gasteiger partial charge in [-0.05, 0) is 98.2 Å². The Balaban J connectivity index is 1.12. The van der Waals surface area contributed by atoms with Gasteiger partial charge < -0.3 is 4.90 Å². The molecule has 0 amide bonds. The van der Waals surface area contributed by atoms with Crippen molar-refractivity contribution in [3.8, 4) is 33.4 Å². The van der Waals surface area contributed by atoms with E-state index in [2.05, 4.69) is 169 Å². The number of nitrogens with one attached hydrogen (secondary N) is 1. The molecule has 232 valence electrons. The van der Waals surface area contributed by atoms with Crippen LogP contribution in [-0.2, 0) is 12.8 Å². The van der Waals surface area contributed by atoms with Crippen molar-refractivity contribution >= 4 is 11.9 Å². The van der Waals surface area contributed by atoms with E-state index in [1.807, 2.05) is 0 Å². The second-order valence-electron chi connectivity index (χ2n) is 13.1. The SMILES string of the molecule is CN1C(c2ccc3c(c2)-c2ccc4c(c2C3)C=CCC4)=NC(c2ccccc2)NC1c1cccc(-c2ccccc2-c2ccccc2)c1. The highest BCUT2D eigenvalue weighted by Crippen LogP contribution is 2.42. The van der Waals surface area contributed by atoms with E-state index in [9.17, 15) is 0 Å². The third-order valence-electron chi connectivity index (χ3n) is 10.3. The van der Waals surface area contributed by atoms with Gasteiger partial charge in [-0.15, -0.1) is 0 Å². The Labute approximate surface area is 282 Å². The van der Waals surface area contributed by atoms with E-state index in [-0.39, 0.29) is 12.3 Å². The number of rotatable bonds is 5. The lowest BCUT2D eigenvalue weighted by molar-refractivity contribution is 0.257. The molecule has 9 rings (SSSR count). The van der Waals surface area contributed by atoms with Gasteiger partial charge in [0.25, 0.3) is 0 Å². The molecule has 2 aliphatic carbocycles. The number of allylic oxidation sites excluding steroid dienone is 1. The minimum Gasteiger partial charge on any atom is -0.340 e. The summed E-state index contributed by atoms with van der Waals surface area (Å²) in [5.41, 5.74) is 16.9. The van der Waals surface area contributed by atoms with Gasteiger partial charge in [-0.2, -0.15) is 0 Å². The molecule has 0 spiro atoms. The summed E-state index contributed by atoms with van der Waals surface area (Å²) in [7, 11) is 2.17. The lowest BCUT2D eigenvalue weighted by Crippen LogP contribution is -2.46. The van der Waals surface area contributed by atoms with Gasteiger partial charge in [0.2, 0.25) is 0 Å². The van der Waals surface area contributed by atoms with E-state index in [1.165, 1.54) is 61.2 Å². The van der Waals surface area contributed by atoms with Crippen molar-refractivity contribution < 1.29 is 0 Å². The van der Waals surface area contributed by atoms with E-state index in [4.69, 9.17) is 4.99 Å². The number of hydrogen-bond donors (Lipinski definition) is 1. The number of hydrogen-bond acceptors (Lipinski definition) is 3. The number of amidine groups is 1. The average molecular weight is 620 g/mol. The molecule has 0 radical (unpaired) electrons. The zero-order chi connectivity index (χ0) is 32.0. The predicted octanol–water partition coefficient (Wildman–Crippen LogP) is 10.2. The van der Waals surface area contributed by atoms with Crippen molar-refractivity contribution in [3.05, 3.63) is 185 Å². The van der Waals surface area contributed by atoms with Gasteiger partial charge >= 0.3 is 0 Å². The van der Waals surface area contributed by atoms with Crippen LogP contribution in [0.15, 0.2) is 151 Å². The Hall–Kier alpha value is -5.51. The summed E-state index contributed by atoms with van der Waals surface area (Å²) in [4.78, 5) is 7.70. The summed E-state index contributed by atoms with van der Waals surface area (Å²) in [6.07, 6.45) is 7.68. The molecule has 6 aromatic rings. The van der Waals surface area contributed by atoms with Gasteiger partial charge in [0.1, 0.15) is 18.2 Å². The quantitative estimate of drug-likeness (QED) is 0.208. The summed E-state index contributed by atoms with van der Waals surface area (Å²) < 4.78 is 0. The maximum atomic E-state index is 5.39. The molecule has 1 heterocycles. The van der Waals surface area contributed by atoms with Crippen molar-refractivity contribution in [2.45, 2.75) is 31.6 Å². The normalized spacial score (nSPS) is 17.8. The zero-order valence-electron chi connectivity index (χ0n) is 27.1. The highest BCUT2D eigenvalue weighted by molar-refractivity contribution is 6.01. The molecule has 2 unspecified atom stereocenters. The maximum absolute atomic E-state index is 5.39. The molecule has 1 aliphatic heterocycles. The fourth-order valence-corrected chi connectivity index (χ4v) is 7.85. The predicted molar refractivity (Wildman–Crippen MR) is 199 cm³/mol. The molecule has 3 aliphatic rings.